The predicted molar refractivity (Wildman–Crippen MR) is 166 cm³/mol. The first kappa shape index (κ1) is 33.6. The fourth-order valence-electron chi connectivity index (χ4n) is 6.11. The van der Waals surface area contributed by atoms with Crippen LogP contribution in [0.3, 0.4) is 0 Å². The van der Waals surface area contributed by atoms with E-state index >= 15 is 0 Å². The van der Waals surface area contributed by atoms with Crippen LogP contribution in [0.1, 0.15) is 71.9 Å². The molecule has 1 aromatic heterocycles. The Morgan fingerprint density at radius 3 is 2.68 bits per heavy atom. The minimum atomic E-state index is -0.892. The van der Waals surface area contributed by atoms with E-state index in [-0.39, 0.29) is 48.5 Å². The molecule has 240 valence electrons. The molecule has 3 aliphatic heterocycles. The van der Waals surface area contributed by atoms with Gasteiger partial charge in [-0.1, -0.05) is 50.3 Å². The van der Waals surface area contributed by atoms with E-state index in [9.17, 15) is 14.7 Å². The Bertz CT molecular complexity index is 1320. The van der Waals surface area contributed by atoms with Gasteiger partial charge in [0.15, 0.2) is 5.89 Å². The molecule has 0 aromatic carbocycles. The molecule has 0 aliphatic carbocycles. The van der Waals surface area contributed by atoms with Crippen LogP contribution < -0.4 is 0 Å². The molecule has 9 atom stereocenters. The molecule has 0 saturated carbocycles. The highest BCUT2D eigenvalue weighted by Gasteiger charge is 2.57. The van der Waals surface area contributed by atoms with Crippen molar-refractivity contribution in [1.82, 2.24) is 4.98 Å². The number of fused-ring (bicyclic) bond motifs is 3. The number of hydrogen-bond donors (Lipinski definition) is 1. The molecule has 44 heavy (non-hydrogen) atoms. The molecule has 0 radical (unpaired) electrons. The zero-order valence-corrected chi connectivity index (χ0v) is 26.9. The molecule has 4 rings (SSSR count). The summed E-state index contributed by atoms with van der Waals surface area (Å²) < 4.78 is 28.7. The number of aryl methyl sites for hydroxylation is 1. The number of aliphatic hydroxyl groups excluding tert-OH is 1. The molecule has 9 heteroatoms. The van der Waals surface area contributed by atoms with Gasteiger partial charge in [0.2, 0.25) is 0 Å². The highest BCUT2D eigenvalue weighted by molar-refractivity contribution is 5.82. The van der Waals surface area contributed by atoms with Crippen LogP contribution in [0.5, 0.6) is 0 Å². The topological polar surface area (TPSA) is 121 Å². The van der Waals surface area contributed by atoms with Gasteiger partial charge in [0.05, 0.1) is 12.2 Å². The summed E-state index contributed by atoms with van der Waals surface area (Å²) in [6.45, 7) is 11.6. The van der Waals surface area contributed by atoms with Gasteiger partial charge in [0, 0.05) is 44.8 Å². The molecule has 0 amide bonds. The van der Waals surface area contributed by atoms with Gasteiger partial charge >= 0.3 is 11.9 Å². The number of carbonyl (C=O) groups is 2. The Labute approximate surface area is 260 Å². The van der Waals surface area contributed by atoms with Crippen molar-refractivity contribution in [2.24, 2.45) is 17.8 Å². The first-order valence-electron chi connectivity index (χ1n) is 15.5. The Morgan fingerprint density at radius 1 is 1.20 bits per heavy atom. The number of hydrogen-bond acceptors (Lipinski definition) is 9. The van der Waals surface area contributed by atoms with Gasteiger partial charge in [-0.15, -0.1) is 0 Å². The maximum atomic E-state index is 13.0. The third-order valence-electron chi connectivity index (χ3n) is 8.97. The SMILES string of the molecule is CO[C@@H](/C(C)=C/C=C/C(C)=C/c1coc(C)n1)[C@@H](C)[C@@H]1C[C@H](O)[C@@]2(C)O[C@@H]2C=C[C@@H](C)[C@H]2C[C@@H](C/C=C/C(=O)O1)CC(=O)O2. The number of allylic oxidation sites excluding steroid dienone is 5. The number of nitrogens with zero attached hydrogens (tertiary/aromatic N) is 1. The number of methoxy groups -OCH3 is 1. The molecule has 3 aliphatic rings. The molecule has 4 heterocycles. The quantitative estimate of drug-likeness (QED) is 0.176. The minimum absolute atomic E-state index is 0.000898. The van der Waals surface area contributed by atoms with Crippen LogP contribution in [0, 0.1) is 24.7 Å². The van der Waals surface area contributed by atoms with E-state index in [1.54, 1.807) is 26.4 Å². The molecule has 2 saturated heterocycles. The Morgan fingerprint density at radius 2 is 1.98 bits per heavy atom. The Kier molecular flexibility index (Phi) is 11.2. The van der Waals surface area contributed by atoms with Crippen molar-refractivity contribution in [3.05, 3.63) is 71.5 Å². The first-order valence-corrected chi connectivity index (χ1v) is 15.5. The molecule has 2 bridgehead atoms. The Balaban J connectivity index is 1.51. The second-order valence-electron chi connectivity index (χ2n) is 12.6. The maximum Gasteiger partial charge on any atom is 0.330 e. The predicted octanol–water partition coefficient (Wildman–Crippen LogP) is 5.83. The largest absolute Gasteiger partial charge is 0.462 e. The average Bonchev–Trinajstić information content (AvgIpc) is 3.47. The minimum Gasteiger partial charge on any atom is -0.462 e. The number of epoxide rings is 1. The van der Waals surface area contributed by atoms with Gasteiger partial charge in [-0.2, -0.15) is 0 Å². The summed E-state index contributed by atoms with van der Waals surface area (Å²) in [5.41, 5.74) is 1.88. The zero-order chi connectivity index (χ0) is 32.0. The average molecular weight is 610 g/mol. The fourth-order valence-corrected chi connectivity index (χ4v) is 6.11. The third kappa shape index (κ3) is 8.67. The number of esters is 2. The monoisotopic (exact) mass is 609 g/mol. The van der Waals surface area contributed by atoms with E-state index in [0.717, 1.165) is 16.8 Å². The van der Waals surface area contributed by atoms with Gasteiger partial charge in [0.25, 0.3) is 0 Å². The van der Waals surface area contributed by atoms with E-state index in [1.807, 2.05) is 71.1 Å². The lowest BCUT2D eigenvalue weighted by molar-refractivity contribution is -0.158. The van der Waals surface area contributed by atoms with Crippen molar-refractivity contribution >= 4 is 18.0 Å². The number of oxazole rings is 1. The summed E-state index contributed by atoms with van der Waals surface area (Å²) in [6.07, 6.45) is 15.9. The second kappa shape index (κ2) is 14.7. The molecule has 2 fully saturated rings. The van der Waals surface area contributed by atoms with Crippen molar-refractivity contribution in [1.29, 1.82) is 0 Å². The molecule has 1 aromatic rings. The van der Waals surface area contributed by atoms with Crippen LogP contribution in [0.2, 0.25) is 0 Å². The summed E-state index contributed by atoms with van der Waals surface area (Å²) >= 11 is 0. The molecule has 9 nitrogen and oxygen atoms in total. The molecule has 1 N–H and O–H groups in total. The Hall–Kier alpha value is -3.27. The number of aliphatic hydroxyl groups is 1. The standard InChI is InChI=1S/C35H47NO8/c1-21(16-27-20-41-25(5)36-27)10-8-11-23(3)34(40-7)24(4)29-19-30(37)35(6)31(44-35)15-14-22(2)28-17-26(18-33(39)42-28)12-9-13-32(38)43-29/h8-11,13-16,20,22,24,26,28-31,34,37H,12,17-19H2,1-7H3/b10-8+,13-9+,15-14?,21-16+,23-11+/t22-,24+,26-,28-,29+,30+,31-,34+,35-/m1/s1. The number of ether oxygens (including phenoxy) is 4. The van der Waals surface area contributed by atoms with E-state index in [0.29, 0.717) is 25.2 Å². The zero-order valence-electron chi connectivity index (χ0n) is 26.9. The summed E-state index contributed by atoms with van der Waals surface area (Å²) in [6, 6.07) is 0. The summed E-state index contributed by atoms with van der Waals surface area (Å²) in [5, 5.41) is 11.3. The lowest BCUT2D eigenvalue weighted by Gasteiger charge is -2.32. The van der Waals surface area contributed by atoms with E-state index in [1.165, 1.54) is 6.08 Å². The van der Waals surface area contributed by atoms with Crippen LogP contribution in [0.4, 0.5) is 0 Å². The lowest BCUT2D eigenvalue weighted by Crippen LogP contribution is -2.41. The van der Waals surface area contributed by atoms with Gasteiger partial charge in [-0.25, -0.2) is 9.78 Å². The highest BCUT2D eigenvalue weighted by atomic mass is 16.6. The molecule has 0 spiro atoms. The van der Waals surface area contributed by atoms with Crippen LogP contribution in [0.25, 0.3) is 6.08 Å². The second-order valence-corrected chi connectivity index (χ2v) is 12.6. The molecule has 0 unspecified atom stereocenters. The number of carbonyl (C=O) groups excluding carboxylic acids is 2. The maximum absolute atomic E-state index is 13.0. The lowest BCUT2D eigenvalue weighted by atomic mass is 9.85. The van der Waals surface area contributed by atoms with Gasteiger partial charge < -0.3 is 28.5 Å². The van der Waals surface area contributed by atoms with E-state index < -0.39 is 23.8 Å². The number of cyclic esters (lactones) is 1. The first-order chi connectivity index (χ1) is 20.9. The van der Waals surface area contributed by atoms with Crippen LogP contribution in [-0.4, -0.2) is 65.3 Å². The van der Waals surface area contributed by atoms with E-state index in [4.69, 9.17) is 23.4 Å². The summed E-state index contributed by atoms with van der Waals surface area (Å²) in [7, 11) is 1.63. The third-order valence-corrected chi connectivity index (χ3v) is 8.97. The van der Waals surface area contributed by atoms with Crippen molar-refractivity contribution in [3.63, 3.8) is 0 Å². The van der Waals surface area contributed by atoms with Crippen LogP contribution in [0.15, 0.2) is 64.4 Å². The van der Waals surface area contributed by atoms with Crippen molar-refractivity contribution < 1.29 is 38.1 Å². The number of rotatable bonds is 7. The molecular weight excluding hydrogens is 562 g/mol. The summed E-state index contributed by atoms with van der Waals surface area (Å²) in [5.74, 6) is -0.299. The highest BCUT2D eigenvalue weighted by Crippen LogP contribution is 2.43. The van der Waals surface area contributed by atoms with Crippen LogP contribution >= 0.6 is 0 Å². The van der Waals surface area contributed by atoms with Gasteiger partial charge in [-0.05, 0) is 56.8 Å². The van der Waals surface area contributed by atoms with Crippen molar-refractivity contribution in [2.75, 3.05) is 7.11 Å². The van der Waals surface area contributed by atoms with Gasteiger partial charge in [-0.3, -0.25) is 4.79 Å². The number of aromatic nitrogens is 1. The molecular formula is C35H47NO8. The van der Waals surface area contributed by atoms with Crippen LogP contribution in [-0.2, 0) is 28.5 Å². The van der Waals surface area contributed by atoms with Crippen molar-refractivity contribution in [2.45, 2.75) is 103 Å². The van der Waals surface area contributed by atoms with E-state index in [2.05, 4.69) is 4.98 Å². The smallest absolute Gasteiger partial charge is 0.330 e. The van der Waals surface area contributed by atoms with Gasteiger partial charge in [0.1, 0.15) is 35.9 Å². The van der Waals surface area contributed by atoms with Crippen molar-refractivity contribution in [3.8, 4) is 0 Å². The normalized spacial score (nSPS) is 34.2. The summed E-state index contributed by atoms with van der Waals surface area (Å²) in [4.78, 5) is 29.6. The fraction of sp³-hybridized carbons (Fsp3) is 0.571.